The number of hydrogen-bond acceptors (Lipinski definition) is 4. The second-order valence-corrected chi connectivity index (χ2v) is 8.18. The van der Waals surface area contributed by atoms with Gasteiger partial charge in [-0.3, -0.25) is 4.79 Å². The van der Waals surface area contributed by atoms with Crippen LogP contribution in [0.15, 0.2) is 18.2 Å². The van der Waals surface area contributed by atoms with Gasteiger partial charge >= 0.3 is 24.6 Å². The molecule has 1 saturated carbocycles. The van der Waals surface area contributed by atoms with Crippen LogP contribution in [0.2, 0.25) is 0 Å². The fraction of sp³-hybridized carbons (Fsp3) is 0.632. The molecule has 0 aromatic carbocycles. The number of nitrogens with zero attached hydrogens (tertiary/aromatic N) is 2. The van der Waals surface area contributed by atoms with Crippen LogP contribution >= 0.6 is 0 Å². The van der Waals surface area contributed by atoms with E-state index in [9.17, 15) is 49.1 Å². The van der Waals surface area contributed by atoms with Crippen molar-refractivity contribution in [3.63, 3.8) is 0 Å². The van der Waals surface area contributed by atoms with Crippen LogP contribution in [0.25, 0.3) is 0 Å². The van der Waals surface area contributed by atoms with Gasteiger partial charge in [0.2, 0.25) is 5.91 Å². The topological polar surface area (TPSA) is 71.5 Å². The quantitative estimate of drug-likeness (QED) is 0.612. The van der Waals surface area contributed by atoms with E-state index in [0.717, 1.165) is 17.0 Å². The Morgan fingerprint density at radius 3 is 2.18 bits per heavy atom. The van der Waals surface area contributed by atoms with Crippen LogP contribution in [0, 0.1) is 11.3 Å². The standard InChI is InChI=1S/C19H18F9N3O3/c20-17(21,22)12-3-1-2-10(30-12)9-29-13(32)11-8-16(11)4-6-31(7-5-16)15(33)34-14(18(23,24)25)19(26,27)28/h1-3,11,14H,4-9H2,(H,29,32). The highest BCUT2D eigenvalue weighted by Crippen LogP contribution is 2.59. The molecule has 1 aliphatic carbocycles. The molecule has 2 fully saturated rings. The molecule has 0 bridgehead atoms. The zero-order chi connectivity index (χ0) is 25.5. The molecule has 190 valence electrons. The number of nitrogens with one attached hydrogen (secondary N) is 1. The number of hydrogen-bond donors (Lipinski definition) is 1. The van der Waals surface area contributed by atoms with Gasteiger partial charge in [0.05, 0.1) is 12.2 Å². The number of pyridine rings is 1. The molecular formula is C19H18F9N3O3. The lowest BCUT2D eigenvalue weighted by atomic mass is 9.91. The maximum Gasteiger partial charge on any atom is 0.434 e. The highest BCUT2D eigenvalue weighted by atomic mass is 19.4. The summed E-state index contributed by atoms with van der Waals surface area (Å²) in [7, 11) is 0. The molecule has 1 spiro atoms. The molecule has 15 heteroatoms. The number of carbonyl (C=O) groups excluding carboxylic acids is 2. The summed E-state index contributed by atoms with van der Waals surface area (Å²) in [6.45, 7) is -0.676. The third kappa shape index (κ3) is 5.84. The van der Waals surface area contributed by atoms with Crippen LogP contribution in [0.1, 0.15) is 30.7 Å². The van der Waals surface area contributed by atoms with E-state index in [4.69, 9.17) is 0 Å². The Hall–Kier alpha value is -2.74. The number of ether oxygens (including phenoxy) is 1. The van der Waals surface area contributed by atoms with E-state index >= 15 is 0 Å². The molecule has 0 radical (unpaired) electrons. The lowest BCUT2D eigenvalue weighted by Crippen LogP contribution is -2.49. The summed E-state index contributed by atoms with van der Waals surface area (Å²) in [4.78, 5) is 28.4. The highest BCUT2D eigenvalue weighted by Gasteiger charge is 2.61. The molecule has 1 saturated heterocycles. The van der Waals surface area contributed by atoms with E-state index in [1.807, 2.05) is 0 Å². The van der Waals surface area contributed by atoms with Gasteiger partial charge in [0.15, 0.2) is 0 Å². The number of amides is 2. The van der Waals surface area contributed by atoms with Crippen molar-refractivity contribution in [2.24, 2.45) is 11.3 Å². The van der Waals surface area contributed by atoms with Gasteiger partial charge in [-0.15, -0.1) is 0 Å². The minimum absolute atomic E-state index is 0.0145. The minimum atomic E-state index is -5.82. The van der Waals surface area contributed by atoms with Crippen molar-refractivity contribution < 1.29 is 53.8 Å². The second kappa shape index (κ2) is 8.80. The zero-order valence-corrected chi connectivity index (χ0v) is 17.2. The van der Waals surface area contributed by atoms with E-state index in [-0.39, 0.29) is 38.2 Å². The summed E-state index contributed by atoms with van der Waals surface area (Å²) in [5.74, 6) is -1.01. The molecule has 1 aliphatic heterocycles. The number of likely N-dealkylation sites (tertiary alicyclic amines) is 1. The molecule has 1 aromatic rings. The van der Waals surface area contributed by atoms with E-state index in [1.54, 1.807) is 0 Å². The number of aromatic nitrogens is 1. The fourth-order valence-electron chi connectivity index (χ4n) is 3.94. The first-order chi connectivity index (χ1) is 15.5. The van der Waals surface area contributed by atoms with Crippen LogP contribution in [0.3, 0.4) is 0 Å². The van der Waals surface area contributed by atoms with Crippen LogP contribution in [-0.4, -0.2) is 53.4 Å². The highest BCUT2D eigenvalue weighted by molar-refractivity contribution is 5.82. The summed E-state index contributed by atoms with van der Waals surface area (Å²) in [5, 5.41) is 2.48. The molecule has 6 nitrogen and oxygen atoms in total. The van der Waals surface area contributed by atoms with Gasteiger partial charge in [-0.25, -0.2) is 9.78 Å². The Morgan fingerprint density at radius 2 is 1.65 bits per heavy atom. The third-order valence-electron chi connectivity index (χ3n) is 5.88. The van der Waals surface area contributed by atoms with E-state index < -0.39 is 53.7 Å². The van der Waals surface area contributed by atoms with Gasteiger partial charge in [0.25, 0.3) is 6.10 Å². The van der Waals surface area contributed by atoms with Gasteiger partial charge in [0, 0.05) is 19.0 Å². The van der Waals surface area contributed by atoms with Gasteiger partial charge in [-0.2, -0.15) is 39.5 Å². The van der Waals surface area contributed by atoms with Gasteiger partial charge in [-0.1, -0.05) is 6.07 Å². The molecule has 1 unspecified atom stereocenters. The third-order valence-corrected chi connectivity index (χ3v) is 5.88. The van der Waals surface area contributed by atoms with Crippen molar-refractivity contribution >= 4 is 12.0 Å². The summed E-state index contributed by atoms with van der Waals surface area (Å²) >= 11 is 0. The lowest BCUT2D eigenvalue weighted by Gasteiger charge is -2.33. The Kier molecular flexibility index (Phi) is 6.70. The number of carbonyl (C=O) groups is 2. The van der Waals surface area contributed by atoms with E-state index in [2.05, 4.69) is 15.0 Å². The monoisotopic (exact) mass is 507 g/mol. The summed E-state index contributed by atoms with van der Waals surface area (Å²) in [5.41, 5.74) is -1.71. The largest absolute Gasteiger partial charge is 0.434 e. The first-order valence-corrected chi connectivity index (χ1v) is 9.93. The zero-order valence-electron chi connectivity index (χ0n) is 17.2. The van der Waals surface area contributed by atoms with Crippen LogP contribution < -0.4 is 5.32 Å². The molecule has 34 heavy (non-hydrogen) atoms. The first kappa shape index (κ1) is 25.9. The lowest BCUT2D eigenvalue weighted by molar-refractivity contribution is -0.308. The van der Waals surface area contributed by atoms with Crippen molar-refractivity contribution in [1.29, 1.82) is 0 Å². The smallest absolute Gasteiger partial charge is 0.426 e. The number of alkyl halides is 9. The molecule has 2 aliphatic rings. The van der Waals surface area contributed by atoms with Crippen LogP contribution in [0.5, 0.6) is 0 Å². The first-order valence-electron chi connectivity index (χ1n) is 9.93. The maximum absolute atomic E-state index is 12.7. The van der Waals surface area contributed by atoms with Gasteiger partial charge in [-0.05, 0) is 36.8 Å². The summed E-state index contributed by atoms with van der Waals surface area (Å²) in [6, 6.07) is 3.23. The van der Waals surface area contributed by atoms with Crippen molar-refractivity contribution in [3.8, 4) is 0 Å². The SMILES string of the molecule is O=C(NCc1cccc(C(F)(F)F)n1)C1CC12CCN(C(=O)OC(C(F)(F)F)C(F)(F)F)CC2. The minimum Gasteiger partial charge on any atom is -0.426 e. The van der Waals surface area contributed by atoms with E-state index in [1.165, 1.54) is 6.07 Å². The predicted molar refractivity (Wildman–Crippen MR) is 94.8 cm³/mol. The van der Waals surface area contributed by atoms with E-state index in [0.29, 0.717) is 6.42 Å². The van der Waals surface area contributed by atoms with Crippen molar-refractivity contribution in [3.05, 3.63) is 29.6 Å². The average molecular weight is 507 g/mol. The van der Waals surface area contributed by atoms with Crippen LogP contribution in [-0.2, 0) is 22.3 Å². The average Bonchev–Trinajstić information content (AvgIpc) is 3.41. The summed E-state index contributed by atoms with van der Waals surface area (Å²) < 4.78 is 117. The Morgan fingerprint density at radius 1 is 1.06 bits per heavy atom. The molecular weight excluding hydrogens is 489 g/mol. The fourth-order valence-corrected chi connectivity index (χ4v) is 3.94. The molecule has 1 atom stereocenters. The molecule has 1 aromatic heterocycles. The molecule has 2 amide bonds. The molecule has 3 rings (SSSR count). The Bertz CT molecular complexity index is 908. The number of rotatable bonds is 4. The second-order valence-electron chi connectivity index (χ2n) is 8.18. The molecule has 1 N–H and O–H groups in total. The maximum atomic E-state index is 12.7. The Balaban J connectivity index is 1.50. The predicted octanol–water partition coefficient (Wildman–Crippen LogP) is 4.45. The Labute approximate surface area is 186 Å². The van der Waals surface area contributed by atoms with Crippen molar-refractivity contribution in [1.82, 2.24) is 15.2 Å². The number of halogens is 9. The molecule has 2 heterocycles. The normalized spacial score (nSPS) is 20.4. The van der Waals surface area contributed by atoms with Gasteiger partial charge < -0.3 is 15.0 Å². The van der Waals surface area contributed by atoms with Gasteiger partial charge in [0.1, 0.15) is 5.69 Å². The number of piperidine rings is 1. The van der Waals surface area contributed by atoms with Crippen LogP contribution in [0.4, 0.5) is 44.3 Å². The summed E-state index contributed by atoms with van der Waals surface area (Å²) in [6.07, 6.45) is -21.6. The van der Waals surface area contributed by atoms with Crippen molar-refractivity contribution in [2.75, 3.05) is 13.1 Å². The van der Waals surface area contributed by atoms with Crippen molar-refractivity contribution in [2.45, 2.75) is 50.4 Å².